The summed E-state index contributed by atoms with van der Waals surface area (Å²) < 4.78 is 10.4. The summed E-state index contributed by atoms with van der Waals surface area (Å²) >= 11 is 0. The van der Waals surface area contributed by atoms with Crippen molar-refractivity contribution in [2.24, 2.45) is 5.92 Å². The van der Waals surface area contributed by atoms with Gasteiger partial charge in [0.05, 0.1) is 18.5 Å². The number of aromatic nitrogens is 1. The smallest absolute Gasteiger partial charge is 0.213 e. The average Bonchev–Trinajstić information content (AvgIpc) is 2.47. The van der Waals surface area contributed by atoms with Crippen LogP contribution in [0.5, 0.6) is 5.88 Å². The Morgan fingerprint density at radius 1 is 1.33 bits per heavy atom. The Labute approximate surface area is 127 Å². The van der Waals surface area contributed by atoms with Crippen LogP contribution in [-0.2, 0) is 4.74 Å². The molecule has 0 aromatic carbocycles. The number of ether oxygens (including phenoxy) is 2. The number of methoxy groups -OCH3 is 1. The number of rotatable bonds is 6. The molecule has 0 spiro atoms. The fourth-order valence-corrected chi connectivity index (χ4v) is 2.74. The molecule has 0 saturated carbocycles. The van der Waals surface area contributed by atoms with Crippen molar-refractivity contribution in [3.05, 3.63) is 18.3 Å². The molecular formula is C16H27N3O2. The van der Waals surface area contributed by atoms with Gasteiger partial charge in [-0.2, -0.15) is 0 Å². The number of anilines is 1. The molecule has 0 aliphatic carbocycles. The van der Waals surface area contributed by atoms with Crippen LogP contribution in [0.3, 0.4) is 0 Å². The Morgan fingerprint density at radius 3 is 2.81 bits per heavy atom. The lowest BCUT2D eigenvalue weighted by Crippen LogP contribution is -2.48. The molecule has 0 amide bonds. The molecule has 0 radical (unpaired) electrons. The Hall–Kier alpha value is -1.33. The van der Waals surface area contributed by atoms with Gasteiger partial charge >= 0.3 is 0 Å². The summed E-state index contributed by atoms with van der Waals surface area (Å²) in [7, 11) is 3.86. The summed E-state index contributed by atoms with van der Waals surface area (Å²) in [6.45, 7) is 6.82. The first-order chi connectivity index (χ1) is 10.1. The molecule has 2 rings (SSSR count). The molecule has 0 bridgehead atoms. The topological polar surface area (TPSA) is 46.6 Å². The first-order valence-electron chi connectivity index (χ1n) is 7.64. The van der Waals surface area contributed by atoms with E-state index < -0.39 is 0 Å². The first-order valence-corrected chi connectivity index (χ1v) is 7.64. The van der Waals surface area contributed by atoms with Crippen LogP contribution in [0, 0.1) is 5.92 Å². The maximum Gasteiger partial charge on any atom is 0.213 e. The van der Waals surface area contributed by atoms with E-state index in [4.69, 9.17) is 9.47 Å². The van der Waals surface area contributed by atoms with E-state index in [0.29, 0.717) is 37.1 Å². The molecule has 1 aromatic rings. The number of hydrogen-bond donors (Lipinski definition) is 1. The molecule has 1 N–H and O–H groups in total. The summed E-state index contributed by atoms with van der Waals surface area (Å²) in [5.41, 5.74) is 1.06. The van der Waals surface area contributed by atoms with Gasteiger partial charge in [0.25, 0.3) is 0 Å². The second-order valence-electron chi connectivity index (χ2n) is 5.98. The van der Waals surface area contributed by atoms with Crippen LogP contribution in [-0.4, -0.2) is 55.9 Å². The van der Waals surface area contributed by atoms with Crippen LogP contribution >= 0.6 is 0 Å². The minimum Gasteiger partial charge on any atom is -0.475 e. The minimum atomic E-state index is 0.498. The zero-order chi connectivity index (χ0) is 15.2. The number of nitrogens with zero attached hydrogens (tertiary/aromatic N) is 2. The van der Waals surface area contributed by atoms with E-state index in [1.807, 2.05) is 18.3 Å². The SMILES string of the molecule is COCCOc1ccc(NC2CC(C)N(C)CC2C)cn1. The molecule has 1 saturated heterocycles. The summed E-state index contributed by atoms with van der Waals surface area (Å²) in [4.78, 5) is 6.75. The van der Waals surface area contributed by atoms with E-state index in [1.165, 1.54) is 0 Å². The normalized spacial score (nSPS) is 26.6. The lowest BCUT2D eigenvalue weighted by molar-refractivity contribution is 0.143. The minimum absolute atomic E-state index is 0.498. The maximum atomic E-state index is 5.47. The highest BCUT2D eigenvalue weighted by atomic mass is 16.5. The van der Waals surface area contributed by atoms with Gasteiger partial charge in [0.1, 0.15) is 6.61 Å². The van der Waals surface area contributed by atoms with Crippen molar-refractivity contribution in [2.75, 3.05) is 39.2 Å². The van der Waals surface area contributed by atoms with Crippen molar-refractivity contribution in [3.8, 4) is 5.88 Å². The third-order valence-corrected chi connectivity index (χ3v) is 4.24. The largest absolute Gasteiger partial charge is 0.475 e. The van der Waals surface area contributed by atoms with Gasteiger partial charge in [0.2, 0.25) is 5.88 Å². The van der Waals surface area contributed by atoms with Gasteiger partial charge in [0, 0.05) is 31.8 Å². The highest BCUT2D eigenvalue weighted by Crippen LogP contribution is 2.24. The van der Waals surface area contributed by atoms with Crippen molar-refractivity contribution < 1.29 is 9.47 Å². The van der Waals surface area contributed by atoms with E-state index >= 15 is 0 Å². The third-order valence-electron chi connectivity index (χ3n) is 4.24. The predicted octanol–water partition coefficient (Wildman–Crippen LogP) is 2.25. The number of hydrogen-bond acceptors (Lipinski definition) is 5. The maximum absolute atomic E-state index is 5.47. The molecule has 1 aromatic heterocycles. The number of pyridine rings is 1. The molecule has 1 aliphatic heterocycles. The van der Waals surface area contributed by atoms with Gasteiger partial charge < -0.3 is 19.7 Å². The van der Waals surface area contributed by atoms with Crippen molar-refractivity contribution in [1.29, 1.82) is 0 Å². The Kier molecular flexibility index (Phi) is 5.82. The zero-order valence-electron chi connectivity index (χ0n) is 13.5. The van der Waals surface area contributed by atoms with Crippen LogP contribution in [0.15, 0.2) is 18.3 Å². The van der Waals surface area contributed by atoms with Crippen LogP contribution in [0.4, 0.5) is 5.69 Å². The fraction of sp³-hybridized carbons (Fsp3) is 0.688. The molecule has 5 heteroatoms. The summed E-state index contributed by atoms with van der Waals surface area (Å²) in [6, 6.07) is 5.05. The second-order valence-corrected chi connectivity index (χ2v) is 5.98. The fourth-order valence-electron chi connectivity index (χ4n) is 2.74. The quantitative estimate of drug-likeness (QED) is 0.815. The van der Waals surface area contributed by atoms with E-state index in [1.54, 1.807) is 7.11 Å². The van der Waals surface area contributed by atoms with Gasteiger partial charge in [-0.3, -0.25) is 0 Å². The standard InChI is InChI=1S/C16H27N3O2/c1-12-11-19(3)13(2)9-15(12)18-14-5-6-16(17-10-14)21-8-7-20-4/h5-6,10,12-13,15,18H,7-9,11H2,1-4H3. The lowest BCUT2D eigenvalue weighted by atomic mass is 9.90. The Balaban J connectivity index is 1.88. The summed E-state index contributed by atoms with van der Waals surface area (Å²) in [5, 5.41) is 3.61. The molecule has 3 unspecified atom stereocenters. The molecule has 1 fully saturated rings. The second kappa shape index (κ2) is 7.61. The van der Waals surface area contributed by atoms with Crippen LogP contribution in [0.1, 0.15) is 20.3 Å². The van der Waals surface area contributed by atoms with Crippen LogP contribution < -0.4 is 10.1 Å². The van der Waals surface area contributed by atoms with E-state index in [9.17, 15) is 0 Å². The number of nitrogens with one attached hydrogen (secondary N) is 1. The van der Waals surface area contributed by atoms with Crippen molar-refractivity contribution >= 4 is 5.69 Å². The van der Waals surface area contributed by atoms with E-state index in [-0.39, 0.29) is 0 Å². The third kappa shape index (κ3) is 4.58. The van der Waals surface area contributed by atoms with Crippen molar-refractivity contribution in [3.63, 3.8) is 0 Å². The molecule has 21 heavy (non-hydrogen) atoms. The van der Waals surface area contributed by atoms with Gasteiger partial charge in [-0.15, -0.1) is 0 Å². The first kappa shape index (κ1) is 16.0. The van der Waals surface area contributed by atoms with Crippen LogP contribution in [0.25, 0.3) is 0 Å². The lowest BCUT2D eigenvalue weighted by Gasteiger charge is -2.40. The molecule has 5 nitrogen and oxygen atoms in total. The van der Waals surface area contributed by atoms with Gasteiger partial charge in [-0.1, -0.05) is 6.92 Å². The van der Waals surface area contributed by atoms with E-state index in [2.05, 4.69) is 36.1 Å². The Bertz CT molecular complexity index is 424. The van der Waals surface area contributed by atoms with E-state index in [0.717, 1.165) is 18.7 Å². The molecular weight excluding hydrogens is 266 g/mol. The molecule has 118 valence electrons. The Morgan fingerprint density at radius 2 is 2.14 bits per heavy atom. The monoisotopic (exact) mass is 293 g/mol. The number of likely N-dealkylation sites (tertiary alicyclic amines) is 1. The molecule has 1 aliphatic rings. The molecule has 2 heterocycles. The summed E-state index contributed by atoms with van der Waals surface area (Å²) in [6.07, 6.45) is 3.00. The number of piperidine rings is 1. The van der Waals surface area contributed by atoms with Gasteiger partial charge in [-0.05, 0) is 32.4 Å². The highest BCUT2D eigenvalue weighted by Gasteiger charge is 2.28. The predicted molar refractivity (Wildman–Crippen MR) is 84.9 cm³/mol. The zero-order valence-corrected chi connectivity index (χ0v) is 13.5. The average molecular weight is 293 g/mol. The summed E-state index contributed by atoms with van der Waals surface area (Å²) in [5.74, 6) is 1.27. The van der Waals surface area contributed by atoms with Gasteiger partial charge in [-0.25, -0.2) is 4.98 Å². The van der Waals surface area contributed by atoms with Crippen molar-refractivity contribution in [2.45, 2.75) is 32.4 Å². The van der Waals surface area contributed by atoms with Crippen molar-refractivity contribution in [1.82, 2.24) is 9.88 Å². The van der Waals surface area contributed by atoms with Crippen LogP contribution in [0.2, 0.25) is 0 Å². The highest BCUT2D eigenvalue weighted by molar-refractivity contribution is 5.43. The molecule has 3 atom stereocenters. The van der Waals surface area contributed by atoms with Gasteiger partial charge in [0.15, 0.2) is 0 Å².